The summed E-state index contributed by atoms with van der Waals surface area (Å²) in [5.74, 6) is 0.917. The van der Waals surface area contributed by atoms with Crippen LogP contribution in [0.15, 0.2) is 36.5 Å². The number of likely N-dealkylation sites (tertiary alicyclic amines) is 1. The van der Waals surface area contributed by atoms with Crippen molar-refractivity contribution < 1.29 is 5.11 Å². The van der Waals surface area contributed by atoms with E-state index in [4.69, 9.17) is 5.73 Å². The van der Waals surface area contributed by atoms with Crippen molar-refractivity contribution in [3.63, 3.8) is 0 Å². The fourth-order valence-corrected chi connectivity index (χ4v) is 2.76. The molecule has 0 bridgehead atoms. The van der Waals surface area contributed by atoms with Crippen LogP contribution in [0.1, 0.15) is 24.4 Å². The molecule has 0 atom stereocenters. The fourth-order valence-electron chi connectivity index (χ4n) is 2.76. The van der Waals surface area contributed by atoms with Crippen LogP contribution in [0.2, 0.25) is 0 Å². The molecule has 0 aliphatic carbocycles. The van der Waals surface area contributed by atoms with Gasteiger partial charge in [-0.1, -0.05) is 12.1 Å². The molecule has 5 nitrogen and oxygen atoms in total. The van der Waals surface area contributed by atoms with Crippen molar-refractivity contribution in [2.45, 2.75) is 25.4 Å². The molecule has 0 spiro atoms. The zero-order valence-corrected chi connectivity index (χ0v) is 11.4. The molecule has 1 aliphatic heterocycles. The number of hydrogen-bond donors (Lipinski definition) is 2. The number of benzene rings is 1. The monoisotopic (exact) mass is 272 g/mol. The van der Waals surface area contributed by atoms with E-state index in [-0.39, 0.29) is 0 Å². The Kier molecular flexibility index (Phi) is 3.60. The van der Waals surface area contributed by atoms with Gasteiger partial charge in [-0.2, -0.15) is 5.10 Å². The van der Waals surface area contributed by atoms with Gasteiger partial charge < -0.3 is 10.8 Å². The van der Waals surface area contributed by atoms with Gasteiger partial charge >= 0.3 is 0 Å². The number of piperidine rings is 1. The lowest BCUT2D eigenvalue weighted by Crippen LogP contribution is -2.34. The summed E-state index contributed by atoms with van der Waals surface area (Å²) in [6, 6.07) is 9.76. The van der Waals surface area contributed by atoms with E-state index in [0.29, 0.717) is 17.6 Å². The van der Waals surface area contributed by atoms with Crippen molar-refractivity contribution in [2.75, 3.05) is 18.8 Å². The first-order chi connectivity index (χ1) is 9.70. The Morgan fingerprint density at radius 3 is 2.45 bits per heavy atom. The van der Waals surface area contributed by atoms with E-state index in [9.17, 15) is 5.11 Å². The molecule has 1 saturated heterocycles. The second kappa shape index (κ2) is 5.54. The zero-order valence-electron chi connectivity index (χ0n) is 11.4. The van der Waals surface area contributed by atoms with Crippen LogP contribution in [0.25, 0.3) is 0 Å². The van der Waals surface area contributed by atoms with E-state index in [1.54, 1.807) is 12.1 Å². The fraction of sp³-hybridized carbons (Fsp3) is 0.400. The third-order valence-corrected chi connectivity index (χ3v) is 3.90. The summed E-state index contributed by atoms with van der Waals surface area (Å²) in [7, 11) is 0. The minimum Gasteiger partial charge on any atom is -0.508 e. The van der Waals surface area contributed by atoms with E-state index in [2.05, 4.69) is 10.00 Å². The molecule has 1 aromatic carbocycles. The van der Waals surface area contributed by atoms with E-state index in [0.717, 1.165) is 32.5 Å². The second-order valence-electron chi connectivity index (χ2n) is 5.39. The maximum atomic E-state index is 9.29. The number of aromatic hydroxyl groups is 1. The molecular weight excluding hydrogens is 252 g/mol. The number of anilines is 1. The molecule has 0 saturated carbocycles. The number of phenols is 1. The maximum absolute atomic E-state index is 9.29. The van der Waals surface area contributed by atoms with Crippen molar-refractivity contribution in [1.82, 2.24) is 14.7 Å². The summed E-state index contributed by atoms with van der Waals surface area (Å²) in [4.78, 5) is 2.44. The first kappa shape index (κ1) is 13.0. The Balaban J connectivity index is 1.54. The molecule has 1 fully saturated rings. The van der Waals surface area contributed by atoms with Gasteiger partial charge in [-0.25, -0.2) is 0 Å². The molecule has 0 radical (unpaired) electrons. The maximum Gasteiger partial charge on any atom is 0.145 e. The van der Waals surface area contributed by atoms with Crippen molar-refractivity contribution in [1.29, 1.82) is 0 Å². The standard InChI is InChI=1S/C15H20N4O/c16-15-7-10-19(17-15)13-5-8-18(9-6-13)11-12-1-3-14(20)4-2-12/h1-4,7,10,13,20H,5-6,8-9,11H2,(H2,16,17). The summed E-state index contributed by atoms with van der Waals surface area (Å²) < 4.78 is 1.99. The summed E-state index contributed by atoms with van der Waals surface area (Å²) in [6.45, 7) is 3.06. The molecule has 106 valence electrons. The van der Waals surface area contributed by atoms with Crippen molar-refractivity contribution in [3.8, 4) is 5.75 Å². The normalized spacial score (nSPS) is 17.4. The van der Waals surface area contributed by atoms with Crippen LogP contribution in [-0.2, 0) is 6.54 Å². The van der Waals surface area contributed by atoms with Crippen LogP contribution in [0.5, 0.6) is 5.75 Å². The van der Waals surface area contributed by atoms with Gasteiger partial charge in [0, 0.05) is 25.8 Å². The van der Waals surface area contributed by atoms with Crippen molar-refractivity contribution in [2.24, 2.45) is 0 Å². The number of rotatable bonds is 3. The minimum atomic E-state index is 0.323. The molecular formula is C15H20N4O. The highest BCUT2D eigenvalue weighted by atomic mass is 16.3. The number of nitrogens with zero attached hydrogens (tertiary/aromatic N) is 3. The molecule has 5 heteroatoms. The number of aromatic nitrogens is 2. The molecule has 1 aliphatic rings. The van der Waals surface area contributed by atoms with Crippen LogP contribution in [0, 0.1) is 0 Å². The van der Waals surface area contributed by atoms with Gasteiger partial charge in [0.05, 0.1) is 6.04 Å². The van der Waals surface area contributed by atoms with Gasteiger partial charge in [-0.3, -0.25) is 9.58 Å². The number of nitrogen functional groups attached to an aromatic ring is 1. The number of hydrogen-bond acceptors (Lipinski definition) is 4. The lowest BCUT2D eigenvalue weighted by molar-refractivity contribution is 0.173. The number of phenolic OH excluding ortho intramolecular Hbond substituents is 1. The van der Waals surface area contributed by atoms with Gasteiger partial charge in [0.25, 0.3) is 0 Å². The Bertz CT molecular complexity index is 556. The van der Waals surface area contributed by atoms with E-state index in [1.165, 1.54) is 5.56 Å². The Hall–Kier alpha value is -2.01. The molecule has 3 N–H and O–H groups in total. The third kappa shape index (κ3) is 2.93. The zero-order chi connectivity index (χ0) is 13.9. The third-order valence-electron chi connectivity index (χ3n) is 3.90. The molecule has 1 aromatic heterocycles. The highest BCUT2D eigenvalue weighted by molar-refractivity contribution is 5.26. The molecule has 0 unspecified atom stereocenters. The van der Waals surface area contributed by atoms with E-state index < -0.39 is 0 Å². The van der Waals surface area contributed by atoms with Crippen LogP contribution < -0.4 is 5.73 Å². The average molecular weight is 272 g/mol. The summed E-state index contributed by atoms with van der Waals surface area (Å²) >= 11 is 0. The topological polar surface area (TPSA) is 67.3 Å². The lowest BCUT2D eigenvalue weighted by Gasteiger charge is -2.32. The molecule has 2 aromatic rings. The average Bonchev–Trinajstić information content (AvgIpc) is 2.89. The molecule has 20 heavy (non-hydrogen) atoms. The SMILES string of the molecule is Nc1ccn(C2CCN(Cc3ccc(O)cc3)CC2)n1. The minimum absolute atomic E-state index is 0.323. The van der Waals surface area contributed by atoms with E-state index in [1.807, 2.05) is 29.1 Å². The molecule has 3 rings (SSSR count). The van der Waals surface area contributed by atoms with Crippen LogP contribution in [0.4, 0.5) is 5.82 Å². The summed E-state index contributed by atoms with van der Waals surface area (Å²) in [6.07, 6.45) is 4.16. The summed E-state index contributed by atoms with van der Waals surface area (Å²) in [5.41, 5.74) is 6.90. The van der Waals surface area contributed by atoms with Gasteiger partial charge in [0.15, 0.2) is 0 Å². The highest BCUT2D eigenvalue weighted by Gasteiger charge is 2.20. The van der Waals surface area contributed by atoms with Gasteiger partial charge in [0.2, 0.25) is 0 Å². The lowest BCUT2D eigenvalue weighted by atomic mass is 10.0. The van der Waals surface area contributed by atoms with Crippen LogP contribution in [0.3, 0.4) is 0 Å². The molecule has 2 heterocycles. The smallest absolute Gasteiger partial charge is 0.145 e. The molecule has 0 amide bonds. The Morgan fingerprint density at radius 2 is 1.85 bits per heavy atom. The Labute approximate surface area is 118 Å². The predicted molar refractivity (Wildman–Crippen MR) is 78.3 cm³/mol. The predicted octanol–water partition coefficient (Wildman–Crippen LogP) is 2.01. The van der Waals surface area contributed by atoms with Gasteiger partial charge in [-0.15, -0.1) is 0 Å². The van der Waals surface area contributed by atoms with E-state index >= 15 is 0 Å². The highest BCUT2D eigenvalue weighted by Crippen LogP contribution is 2.23. The first-order valence-corrected chi connectivity index (χ1v) is 7.01. The van der Waals surface area contributed by atoms with Gasteiger partial charge in [-0.05, 0) is 36.6 Å². The van der Waals surface area contributed by atoms with Crippen LogP contribution in [-0.4, -0.2) is 32.9 Å². The first-order valence-electron chi connectivity index (χ1n) is 7.01. The van der Waals surface area contributed by atoms with Gasteiger partial charge in [0.1, 0.15) is 11.6 Å². The Morgan fingerprint density at radius 1 is 1.15 bits per heavy atom. The van der Waals surface area contributed by atoms with Crippen molar-refractivity contribution >= 4 is 5.82 Å². The summed E-state index contributed by atoms with van der Waals surface area (Å²) in [5, 5.41) is 13.6. The quantitative estimate of drug-likeness (QED) is 0.897. The number of nitrogens with two attached hydrogens (primary N) is 1. The van der Waals surface area contributed by atoms with Crippen molar-refractivity contribution in [3.05, 3.63) is 42.1 Å². The largest absolute Gasteiger partial charge is 0.508 e. The second-order valence-corrected chi connectivity index (χ2v) is 5.39. The van der Waals surface area contributed by atoms with Crippen LogP contribution >= 0.6 is 0 Å².